The molecule has 0 aliphatic carbocycles. The second kappa shape index (κ2) is 7.00. The summed E-state index contributed by atoms with van der Waals surface area (Å²) in [6.07, 6.45) is 3.68. The number of guanidine groups is 1. The fourth-order valence-electron chi connectivity index (χ4n) is 1.13. The van der Waals surface area contributed by atoms with E-state index in [1.54, 1.807) is 17.4 Å². The van der Waals surface area contributed by atoms with E-state index in [1.165, 1.54) is 4.88 Å². The molecule has 5 heteroatoms. The van der Waals surface area contributed by atoms with Gasteiger partial charge in [0.15, 0.2) is 5.96 Å². The number of aliphatic imine (C=N–C) groups is 1. The topological polar surface area (TPSA) is 49.3 Å². The van der Waals surface area contributed by atoms with Crippen LogP contribution in [0.15, 0.2) is 23.8 Å². The largest absolute Gasteiger partial charge is 0.357 e. The first-order chi connectivity index (χ1) is 7.76. The van der Waals surface area contributed by atoms with Crippen molar-refractivity contribution in [1.29, 1.82) is 0 Å². The van der Waals surface area contributed by atoms with Crippen molar-refractivity contribution in [3.63, 3.8) is 0 Å². The van der Waals surface area contributed by atoms with Crippen molar-refractivity contribution in [2.24, 2.45) is 4.99 Å². The molecule has 4 nitrogen and oxygen atoms in total. The molecule has 0 saturated heterocycles. The number of aryl methyl sites for hydroxylation is 1. The predicted octanol–water partition coefficient (Wildman–Crippen LogP) is 1.69. The smallest absolute Gasteiger partial charge is 0.191 e. The van der Waals surface area contributed by atoms with Crippen molar-refractivity contribution in [2.75, 3.05) is 13.1 Å². The summed E-state index contributed by atoms with van der Waals surface area (Å²) < 4.78 is 0. The quantitative estimate of drug-likeness (QED) is 0.466. The lowest BCUT2D eigenvalue weighted by molar-refractivity contribution is 0.858. The van der Waals surface area contributed by atoms with Gasteiger partial charge in [-0.1, -0.05) is 6.08 Å². The molecular formula is C11H18N4S. The van der Waals surface area contributed by atoms with Gasteiger partial charge in [0.1, 0.15) is 5.01 Å². The first-order valence-corrected chi connectivity index (χ1v) is 6.12. The van der Waals surface area contributed by atoms with Crippen LogP contribution in [-0.4, -0.2) is 24.0 Å². The van der Waals surface area contributed by atoms with E-state index in [-0.39, 0.29) is 0 Å². The minimum absolute atomic E-state index is 0.616. The van der Waals surface area contributed by atoms with Gasteiger partial charge in [-0.2, -0.15) is 0 Å². The van der Waals surface area contributed by atoms with Gasteiger partial charge in [-0.3, -0.25) is 0 Å². The van der Waals surface area contributed by atoms with E-state index in [9.17, 15) is 0 Å². The molecule has 0 aromatic carbocycles. The summed E-state index contributed by atoms with van der Waals surface area (Å²) in [6.45, 7) is 9.92. The summed E-state index contributed by atoms with van der Waals surface area (Å²) >= 11 is 1.68. The lowest BCUT2D eigenvalue weighted by atomic mass is 10.6. The molecule has 0 saturated carbocycles. The Morgan fingerprint density at radius 1 is 1.62 bits per heavy atom. The third-order valence-corrected chi connectivity index (χ3v) is 2.70. The number of hydrogen-bond donors (Lipinski definition) is 2. The summed E-state index contributed by atoms with van der Waals surface area (Å²) in [5.74, 6) is 0.801. The minimum atomic E-state index is 0.616. The third-order valence-electron chi connectivity index (χ3n) is 1.80. The fourth-order valence-corrected chi connectivity index (χ4v) is 1.84. The highest BCUT2D eigenvalue weighted by molar-refractivity contribution is 7.11. The van der Waals surface area contributed by atoms with Crippen LogP contribution in [-0.2, 0) is 6.54 Å². The van der Waals surface area contributed by atoms with Crippen LogP contribution in [0.25, 0.3) is 0 Å². The zero-order valence-electron chi connectivity index (χ0n) is 9.79. The van der Waals surface area contributed by atoms with Crippen LogP contribution in [0.1, 0.15) is 16.8 Å². The van der Waals surface area contributed by atoms with Crippen molar-refractivity contribution < 1.29 is 0 Å². The van der Waals surface area contributed by atoms with Crippen molar-refractivity contribution >= 4 is 17.3 Å². The van der Waals surface area contributed by atoms with Crippen LogP contribution >= 0.6 is 11.3 Å². The maximum atomic E-state index is 4.43. The number of hydrogen-bond acceptors (Lipinski definition) is 3. The number of aromatic nitrogens is 1. The molecule has 88 valence electrons. The van der Waals surface area contributed by atoms with Crippen LogP contribution in [0.5, 0.6) is 0 Å². The second-order valence-corrected chi connectivity index (χ2v) is 4.55. The molecule has 0 amide bonds. The maximum absolute atomic E-state index is 4.43. The van der Waals surface area contributed by atoms with Gasteiger partial charge in [-0.25, -0.2) is 9.98 Å². The van der Waals surface area contributed by atoms with Crippen LogP contribution in [0, 0.1) is 6.92 Å². The third kappa shape index (κ3) is 4.44. The number of nitrogens with zero attached hydrogens (tertiary/aromatic N) is 2. The highest BCUT2D eigenvalue weighted by Gasteiger charge is 1.99. The summed E-state index contributed by atoms with van der Waals surface area (Å²) in [7, 11) is 0. The molecule has 1 aromatic heterocycles. The molecule has 0 spiro atoms. The Morgan fingerprint density at radius 3 is 3.00 bits per heavy atom. The monoisotopic (exact) mass is 238 g/mol. The van der Waals surface area contributed by atoms with E-state index in [1.807, 2.05) is 20.0 Å². The SMILES string of the molecule is C=CCNC(=NCc1ncc(C)s1)NCC. The van der Waals surface area contributed by atoms with E-state index in [0.717, 1.165) is 17.5 Å². The summed E-state index contributed by atoms with van der Waals surface area (Å²) in [4.78, 5) is 9.91. The van der Waals surface area contributed by atoms with E-state index in [4.69, 9.17) is 0 Å². The molecular weight excluding hydrogens is 220 g/mol. The summed E-state index contributed by atoms with van der Waals surface area (Å²) in [5, 5.41) is 7.34. The first-order valence-electron chi connectivity index (χ1n) is 5.30. The molecule has 0 fully saturated rings. The van der Waals surface area contributed by atoms with Gasteiger partial charge in [-0.05, 0) is 13.8 Å². The Hall–Kier alpha value is -1.36. The van der Waals surface area contributed by atoms with Crippen LogP contribution in [0.4, 0.5) is 0 Å². The predicted molar refractivity (Wildman–Crippen MR) is 69.9 cm³/mol. The molecule has 16 heavy (non-hydrogen) atoms. The van der Waals surface area contributed by atoms with Crippen LogP contribution in [0.3, 0.4) is 0 Å². The Labute approximate surface area is 101 Å². The van der Waals surface area contributed by atoms with Gasteiger partial charge in [0.25, 0.3) is 0 Å². The summed E-state index contributed by atoms with van der Waals surface area (Å²) in [6, 6.07) is 0. The number of nitrogens with one attached hydrogen (secondary N) is 2. The van der Waals surface area contributed by atoms with Gasteiger partial charge in [-0.15, -0.1) is 17.9 Å². The lowest BCUT2D eigenvalue weighted by Gasteiger charge is -2.08. The van der Waals surface area contributed by atoms with E-state index in [2.05, 4.69) is 27.2 Å². The second-order valence-electron chi connectivity index (χ2n) is 3.23. The van der Waals surface area contributed by atoms with Crippen LogP contribution in [0.2, 0.25) is 0 Å². The minimum Gasteiger partial charge on any atom is -0.357 e. The van der Waals surface area contributed by atoms with Gasteiger partial charge < -0.3 is 10.6 Å². The van der Waals surface area contributed by atoms with E-state index in [0.29, 0.717) is 13.1 Å². The molecule has 0 aliphatic rings. The average molecular weight is 238 g/mol. The molecule has 0 radical (unpaired) electrons. The molecule has 0 bridgehead atoms. The molecule has 1 rings (SSSR count). The Morgan fingerprint density at radius 2 is 2.44 bits per heavy atom. The molecule has 0 atom stereocenters. The van der Waals surface area contributed by atoms with Crippen molar-refractivity contribution in [2.45, 2.75) is 20.4 Å². The molecule has 1 heterocycles. The average Bonchev–Trinajstić information content (AvgIpc) is 2.68. The molecule has 1 aromatic rings. The van der Waals surface area contributed by atoms with Crippen molar-refractivity contribution in [1.82, 2.24) is 15.6 Å². The highest BCUT2D eigenvalue weighted by atomic mass is 32.1. The Bertz CT molecular complexity index is 357. The van der Waals surface area contributed by atoms with Crippen LogP contribution < -0.4 is 10.6 Å². The molecule has 0 aliphatic heterocycles. The zero-order chi connectivity index (χ0) is 11.8. The molecule has 0 unspecified atom stereocenters. The first kappa shape index (κ1) is 12.7. The maximum Gasteiger partial charge on any atom is 0.191 e. The fraction of sp³-hybridized carbons (Fsp3) is 0.455. The van der Waals surface area contributed by atoms with Crippen molar-refractivity contribution in [3.05, 3.63) is 28.7 Å². The molecule has 2 N–H and O–H groups in total. The lowest BCUT2D eigenvalue weighted by Crippen LogP contribution is -2.37. The summed E-state index contributed by atoms with van der Waals surface area (Å²) in [5.41, 5.74) is 0. The zero-order valence-corrected chi connectivity index (χ0v) is 10.6. The number of thiazole rings is 1. The van der Waals surface area contributed by atoms with Gasteiger partial charge >= 0.3 is 0 Å². The van der Waals surface area contributed by atoms with Gasteiger partial charge in [0, 0.05) is 24.2 Å². The van der Waals surface area contributed by atoms with E-state index < -0.39 is 0 Å². The normalized spacial score (nSPS) is 11.2. The van der Waals surface area contributed by atoms with Gasteiger partial charge in [0.05, 0.1) is 6.54 Å². The standard InChI is InChI=1S/C11H18N4S/c1-4-6-13-11(12-5-2)15-8-10-14-7-9(3)16-10/h4,7H,1,5-6,8H2,2-3H3,(H2,12,13,15). The number of rotatable bonds is 5. The van der Waals surface area contributed by atoms with Crippen molar-refractivity contribution in [3.8, 4) is 0 Å². The Kier molecular flexibility index (Phi) is 5.56. The van der Waals surface area contributed by atoms with E-state index >= 15 is 0 Å². The van der Waals surface area contributed by atoms with Gasteiger partial charge in [0.2, 0.25) is 0 Å². The highest BCUT2D eigenvalue weighted by Crippen LogP contribution is 2.11. The Balaban J connectivity index is 2.52.